The van der Waals surface area contributed by atoms with Crippen molar-refractivity contribution < 1.29 is 9.21 Å². The Morgan fingerprint density at radius 3 is 3.00 bits per heavy atom. The molecule has 0 atom stereocenters. The van der Waals surface area contributed by atoms with Crippen molar-refractivity contribution >= 4 is 22.7 Å². The Kier molecular flexibility index (Phi) is 4.55. The number of aryl methyl sites for hydroxylation is 1. The molecule has 3 aromatic rings. The van der Waals surface area contributed by atoms with Crippen LogP contribution in [0.2, 0.25) is 0 Å². The third-order valence-corrected chi connectivity index (χ3v) is 3.71. The van der Waals surface area contributed by atoms with Crippen LogP contribution < -0.4 is 10.6 Å². The van der Waals surface area contributed by atoms with Crippen molar-refractivity contribution in [3.8, 4) is 0 Å². The van der Waals surface area contributed by atoms with Gasteiger partial charge in [-0.05, 0) is 25.0 Å². The highest BCUT2D eigenvalue weighted by atomic mass is 16.3. The number of para-hydroxylation sites is 1. The Labute approximate surface area is 140 Å². The normalized spacial score (nSPS) is 11.2. The molecular formula is C18H22N4O2. The first-order chi connectivity index (χ1) is 11.5. The zero-order valence-corrected chi connectivity index (χ0v) is 14.2. The number of fused-ring (bicyclic) bond motifs is 1. The number of imidazole rings is 1. The minimum Gasteiger partial charge on any atom is -0.459 e. The van der Waals surface area contributed by atoms with Crippen LogP contribution in [0.1, 0.15) is 25.3 Å². The van der Waals surface area contributed by atoms with Gasteiger partial charge in [-0.3, -0.25) is 0 Å². The number of urea groups is 1. The van der Waals surface area contributed by atoms with Crippen molar-refractivity contribution in [1.29, 1.82) is 0 Å². The summed E-state index contributed by atoms with van der Waals surface area (Å²) in [4.78, 5) is 16.4. The third-order valence-electron chi connectivity index (χ3n) is 3.71. The van der Waals surface area contributed by atoms with Crippen molar-refractivity contribution in [2.75, 3.05) is 5.32 Å². The molecule has 0 aliphatic carbocycles. The monoisotopic (exact) mass is 326 g/mol. The van der Waals surface area contributed by atoms with Gasteiger partial charge in [0.25, 0.3) is 0 Å². The summed E-state index contributed by atoms with van der Waals surface area (Å²) in [5, 5.41) is 6.69. The number of hydrogen-bond acceptors (Lipinski definition) is 3. The second kappa shape index (κ2) is 6.78. The van der Waals surface area contributed by atoms with Crippen molar-refractivity contribution in [2.45, 2.75) is 33.9 Å². The van der Waals surface area contributed by atoms with Gasteiger partial charge in [0, 0.05) is 18.1 Å². The Morgan fingerprint density at radius 1 is 1.38 bits per heavy atom. The van der Waals surface area contributed by atoms with E-state index in [2.05, 4.69) is 34.0 Å². The molecule has 0 saturated heterocycles. The maximum Gasteiger partial charge on any atom is 0.319 e. The van der Waals surface area contributed by atoms with Crippen LogP contribution in [-0.2, 0) is 13.1 Å². The number of carbonyl (C=O) groups excluding carboxylic acids is 1. The van der Waals surface area contributed by atoms with Gasteiger partial charge >= 0.3 is 6.03 Å². The molecule has 0 saturated carbocycles. The summed E-state index contributed by atoms with van der Waals surface area (Å²) in [5.74, 6) is 1.34. The molecule has 0 spiro atoms. The Balaban J connectivity index is 1.64. The van der Waals surface area contributed by atoms with Crippen LogP contribution in [0.25, 0.3) is 11.0 Å². The molecule has 0 fully saturated rings. The van der Waals surface area contributed by atoms with Gasteiger partial charge in [-0.2, -0.15) is 0 Å². The summed E-state index contributed by atoms with van der Waals surface area (Å²) in [7, 11) is 0. The third kappa shape index (κ3) is 3.59. The number of aromatic nitrogens is 2. The largest absolute Gasteiger partial charge is 0.459 e. The summed E-state index contributed by atoms with van der Waals surface area (Å²) < 4.78 is 7.71. The van der Waals surface area contributed by atoms with Crippen LogP contribution >= 0.6 is 0 Å². The van der Waals surface area contributed by atoms with Gasteiger partial charge in [-0.1, -0.05) is 26.0 Å². The lowest BCUT2D eigenvalue weighted by atomic mass is 10.2. The number of rotatable bonds is 5. The molecule has 3 rings (SSSR count). The number of anilines is 1. The second-order valence-electron chi connectivity index (χ2n) is 6.32. The molecule has 2 aromatic heterocycles. The fraction of sp³-hybridized carbons (Fsp3) is 0.333. The lowest BCUT2D eigenvalue weighted by Crippen LogP contribution is -2.29. The molecule has 0 unspecified atom stereocenters. The fourth-order valence-electron chi connectivity index (χ4n) is 2.68. The van der Waals surface area contributed by atoms with Crippen LogP contribution in [0.4, 0.5) is 10.5 Å². The number of hydrogen-bond donors (Lipinski definition) is 2. The van der Waals surface area contributed by atoms with Gasteiger partial charge in [-0.15, -0.1) is 0 Å². The van der Waals surface area contributed by atoms with E-state index in [9.17, 15) is 4.79 Å². The first-order valence-electron chi connectivity index (χ1n) is 8.06. The summed E-state index contributed by atoms with van der Waals surface area (Å²) in [6, 6.07) is 7.36. The maximum absolute atomic E-state index is 12.2. The second-order valence-corrected chi connectivity index (χ2v) is 6.32. The zero-order chi connectivity index (χ0) is 17.1. The molecule has 0 radical (unpaired) electrons. The molecule has 2 N–H and O–H groups in total. The van der Waals surface area contributed by atoms with E-state index >= 15 is 0 Å². The van der Waals surface area contributed by atoms with E-state index in [1.165, 1.54) is 0 Å². The number of furan rings is 1. The van der Waals surface area contributed by atoms with Crippen molar-refractivity contribution in [1.82, 2.24) is 14.9 Å². The van der Waals surface area contributed by atoms with Crippen LogP contribution in [0.3, 0.4) is 0 Å². The van der Waals surface area contributed by atoms with Gasteiger partial charge in [-0.25, -0.2) is 9.78 Å². The standard InChI is InChI=1S/C18H22N4O2/c1-12(2)10-22-11-19-8-15(22)9-20-18(23)21-16-6-4-5-14-7-13(3)24-17(14)16/h4-8,11-12H,9-10H2,1-3H3,(H2,20,21,23). The number of nitrogens with one attached hydrogen (secondary N) is 2. The fourth-order valence-corrected chi connectivity index (χ4v) is 2.68. The molecule has 6 heteroatoms. The Hall–Kier alpha value is -2.76. The van der Waals surface area contributed by atoms with E-state index in [4.69, 9.17) is 4.42 Å². The molecule has 1 aromatic carbocycles. The predicted molar refractivity (Wildman–Crippen MR) is 93.9 cm³/mol. The maximum atomic E-state index is 12.2. The molecule has 2 amide bonds. The summed E-state index contributed by atoms with van der Waals surface area (Å²) in [5.41, 5.74) is 2.33. The highest BCUT2D eigenvalue weighted by molar-refractivity contribution is 5.99. The van der Waals surface area contributed by atoms with E-state index < -0.39 is 0 Å². The van der Waals surface area contributed by atoms with Crippen molar-refractivity contribution in [3.63, 3.8) is 0 Å². The predicted octanol–water partition coefficient (Wildman–Crippen LogP) is 3.92. The van der Waals surface area contributed by atoms with Gasteiger partial charge in [0.15, 0.2) is 5.58 Å². The topological polar surface area (TPSA) is 72.1 Å². The Bertz CT molecular complexity index is 848. The quantitative estimate of drug-likeness (QED) is 0.746. The molecule has 126 valence electrons. The first kappa shape index (κ1) is 16.1. The van der Waals surface area contributed by atoms with Gasteiger partial charge in [0.05, 0.1) is 24.3 Å². The van der Waals surface area contributed by atoms with Crippen LogP contribution in [0, 0.1) is 12.8 Å². The molecular weight excluding hydrogens is 304 g/mol. The first-order valence-corrected chi connectivity index (χ1v) is 8.06. The van der Waals surface area contributed by atoms with Crippen LogP contribution in [0.5, 0.6) is 0 Å². The molecule has 2 heterocycles. The van der Waals surface area contributed by atoms with E-state index in [-0.39, 0.29) is 6.03 Å². The lowest BCUT2D eigenvalue weighted by molar-refractivity contribution is 0.251. The minimum absolute atomic E-state index is 0.270. The number of nitrogens with zero attached hydrogens (tertiary/aromatic N) is 2. The molecule has 0 aliphatic rings. The molecule has 24 heavy (non-hydrogen) atoms. The van der Waals surface area contributed by atoms with Crippen LogP contribution in [0.15, 0.2) is 41.2 Å². The van der Waals surface area contributed by atoms with E-state index in [0.717, 1.165) is 23.4 Å². The summed E-state index contributed by atoms with van der Waals surface area (Å²) in [6.07, 6.45) is 3.57. The summed E-state index contributed by atoms with van der Waals surface area (Å²) >= 11 is 0. The highest BCUT2D eigenvalue weighted by Crippen LogP contribution is 2.26. The van der Waals surface area contributed by atoms with E-state index in [1.54, 1.807) is 12.5 Å². The lowest BCUT2D eigenvalue weighted by Gasteiger charge is -2.12. The summed E-state index contributed by atoms with van der Waals surface area (Å²) in [6.45, 7) is 7.49. The minimum atomic E-state index is -0.270. The zero-order valence-electron chi connectivity index (χ0n) is 14.2. The van der Waals surface area contributed by atoms with Crippen molar-refractivity contribution in [3.05, 3.63) is 48.2 Å². The van der Waals surface area contributed by atoms with E-state index in [1.807, 2.05) is 31.2 Å². The van der Waals surface area contributed by atoms with Gasteiger partial charge in [0.1, 0.15) is 5.76 Å². The Morgan fingerprint density at radius 2 is 2.21 bits per heavy atom. The average molecular weight is 326 g/mol. The van der Waals surface area contributed by atoms with Crippen molar-refractivity contribution in [2.24, 2.45) is 5.92 Å². The smallest absolute Gasteiger partial charge is 0.319 e. The number of benzene rings is 1. The highest BCUT2D eigenvalue weighted by Gasteiger charge is 2.10. The molecule has 6 nitrogen and oxygen atoms in total. The SMILES string of the molecule is Cc1cc2cccc(NC(=O)NCc3cncn3CC(C)C)c2o1. The molecule has 0 aliphatic heterocycles. The number of carbonyl (C=O) groups is 1. The van der Waals surface area contributed by atoms with Gasteiger partial charge < -0.3 is 19.6 Å². The molecule has 0 bridgehead atoms. The number of amides is 2. The average Bonchev–Trinajstić information content (AvgIpc) is 3.10. The van der Waals surface area contributed by atoms with Crippen LogP contribution in [-0.4, -0.2) is 15.6 Å². The van der Waals surface area contributed by atoms with Gasteiger partial charge in [0.2, 0.25) is 0 Å². The van der Waals surface area contributed by atoms with E-state index in [0.29, 0.717) is 23.7 Å².